The summed E-state index contributed by atoms with van der Waals surface area (Å²) in [5, 5.41) is 11.4. The van der Waals surface area contributed by atoms with Gasteiger partial charge in [-0.3, -0.25) is 9.59 Å². The highest BCUT2D eigenvalue weighted by molar-refractivity contribution is 5.94. The molecule has 2 rings (SSSR count). The lowest BCUT2D eigenvalue weighted by atomic mass is 10.1. The quantitative estimate of drug-likeness (QED) is 0.647. The second-order valence-electron chi connectivity index (χ2n) is 5.76. The topological polar surface area (TPSA) is 75.6 Å². The Bertz CT molecular complexity index is 668. The average molecular weight is 341 g/mol. The Labute approximate surface area is 147 Å². The number of unbranched alkanes of at least 4 members (excludes halogenated alkanes) is 2. The van der Waals surface area contributed by atoms with Crippen LogP contribution >= 0.6 is 0 Å². The highest BCUT2D eigenvalue weighted by atomic mass is 16.5. The van der Waals surface area contributed by atoms with Crippen LogP contribution < -0.4 is 10.1 Å². The zero-order valence-corrected chi connectivity index (χ0v) is 14.1. The molecule has 0 saturated carbocycles. The lowest BCUT2D eigenvalue weighted by molar-refractivity contribution is -0.137. The molecule has 132 valence electrons. The van der Waals surface area contributed by atoms with Gasteiger partial charge in [-0.2, -0.15) is 0 Å². The molecule has 0 aromatic heterocycles. The molecule has 0 atom stereocenters. The number of hydrogen-bond donors (Lipinski definition) is 2. The molecule has 1 amide bonds. The molecule has 0 saturated heterocycles. The second kappa shape index (κ2) is 10.1. The highest BCUT2D eigenvalue weighted by Crippen LogP contribution is 2.14. The van der Waals surface area contributed by atoms with Gasteiger partial charge in [0.15, 0.2) is 0 Å². The molecule has 0 aliphatic carbocycles. The van der Waals surface area contributed by atoms with Gasteiger partial charge in [0.25, 0.3) is 5.91 Å². The number of hydrogen-bond acceptors (Lipinski definition) is 3. The predicted molar refractivity (Wildman–Crippen MR) is 95.7 cm³/mol. The molecule has 0 unspecified atom stereocenters. The molecule has 5 heteroatoms. The average Bonchev–Trinajstić information content (AvgIpc) is 2.63. The van der Waals surface area contributed by atoms with E-state index >= 15 is 0 Å². The van der Waals surface area contributed by atoms with Crippen LogP contribution in [0.3, 0.4) is 0 Å². The van der Waals surface area contributed by atoms with Crippen molar-refractivity contribution in [2.45, 2.75) is 32.3 Å². The number of rotatable bonds is 10. The van der Waals surface area contributed by atoms with Crippen molar-refractivity contribution >= 4 is 11.9 Å². The van der Waals surface area contributed by atoms with Crippen molar-refractivity contribution in [3.8, 4) is 5.75 Å². The van der Waals surface area contributed by atoms with Crippen LogP contribution in [0, 0.1) is 0 Å². The number of carboxylic acid groups (broad SMARTS) is 1. The molecule has 5 nitrogen and oxygen atoms in total. The summed E-state index contributed by atoms with van der Waals surface area (Å²) in [6, 6.07) is 16.9. The molecule has 2 aromatic carbocycles. The summed E-state index contributed by atoms with van der Waals surface area (Å²) < 4.78 is 5.69. The number of ether oxygens (including phenoxy) is 1. The Kier molecular flexibility index (Phi) is 7.50. The van der Waals surface area contributed by atoms with E-state index in [4.69, 9.17) is 9.84 Å². The third-order valence-electron chi connectivity index (χ3n) is 3.72. The number of amides is 1. The van der Waals surface area contributed by atoms with E-state index in [2.05, 4.69) is 5.32 Å². The van der Waals surface area contributed by atoms with Crippen molar-refractivity contribution in [1.29, 1.82) is 0 Å². The van der Waals surface area contributed by atoms with Gasteiger partial charge in [0.2, 0.25) is 0 Å². The first-order chi connectivity index (χ1) is 12.1. The minimum Gasteiger partial charge on any atom is -0.489 e. The van der Waals surface area contributed by atoms with Gasteiger partial charge in [-0.05, 0) is 42.7 Å². The smallest absolute Gasteiger partial charge is 0.303 e. The molecule has 2 aromatic rings. The van der Waals surface area contributed by atoms with Gasteiger partial charge in [-0.25, -0.2) is 0 Å². The maximum atomic E-state index is 12.0. The van der Waals surface area contributed by atoms with Gasteiger partial charge in [-0.1, -0.05) is 36.8 Å². The Morgan fingerprint density at radius 1 is 0.920 bits per heavy atom. The van der Waals surface area contributed by atoms with Gasteiger partial charge in [0.1, 0.15) is 12.4 Å². The Morgan fingerprint density at radius 2 is 1.64 bits per heavy atom. The maximum Gasteiger partial charge on any atom is 0.303 e. The summed E-state index contributed by atoms with van der Waals surface area (Å²) in [5.74, 6) is -0.194. The number of aliphatic carboxylic acids is 1. The minimum atomic E-state index is -0.779. The molecule has 0 aliphatic heterocycles. The summed E-state index contributed by atoms with van der Waals surface area (Å²) in [6.07, 6.45) is 2.38. The van der Waals surface area contributed by atoms with E-state index in [1.165, 1.54) is 0 Å². The van der Waals surface area contributed by atoms with E-state index < -0.39 is 5.97 Å². The third-order valence-corrected chi connectivity index (χ3v) is 3.72. The van der Waals surface area contributed by atoms with Gasteiger partial charge in [-0.15, -0.1) is 0 Å². The number of carboxylic acids is 1. The molecule has 0 heterocycles. The van der Waals surface area contributed by atoms with Crippen LogP contribution in [0.5, 0.6) is 5.75 Å². The molecule has 0 aliphatic rings. The lowest BCUT2D eigenvalue weighted by Gasteiger charge is -2.08. The number of carbonyl (C=O) groups excluding carboxylic acids is 1. The fraction of sp³-hybridized carbons (Fsp3) is 0.300. The van der Waals surface area contributed by atoms with Gasteiger partial charge < -0.3 is 15.2 Å². The fourth-order valence-electron chi connectivity index (χ4n) is 2.33. The molecule has 0 fully saturated rings. The number of nitrogens with one attached hydrogen (secondary N) is 1. The van der Waals surface area contributed by atoms with Crippen LogP contribution in [0.15, 0.2) is 54.6 Å². The van der Waals surface area contributed by atoms with Crippen LogP contribution in [0.25, 0.3) is 0 Å². The normalized spacial score (nSPS) is 10.2. The van der Waals surface area contributed by atoms with E-state index in [9.17, 15) is 9.59 Å². The maximum absolute atomic E-state index is 12.0. The summed E-state index contributed by atoms with van der Waals surface area (Å²) in [5.41, 5.74) is 1.67. The van der Waals surface area contributed by atoms with E-state index in [-0.39, 0.29) is 12.3 Å². The highest BCUT2D eigenvalue weighted by Gasteiger charge is 2.05. The first kappa shape index (κ1) is 18.5. The van der Waals surface area contributed by atoms with E-state index in [0.717, 1.165) is 18.4 Å². The first-order valence-corrected chi connectivity index (χ1v) is 8.42. The van der Waals surface area contributed by atoms with Crippen molar-refractivity contribution in [1.82, 2.24) is 5.32 Å². The van der Waals surface area contributed by atoms with Crippen LogP contribution in [0.4, 0.5) is 0 Å². The zero-order valence-electron chi connectivity index (χ0n) is 14.1. The molecule has 25 heavy (non-hydrogen) atoms. The Morgan fingerprint density at radius 3 is 2.32 bits per heavy atom. The van der Waals surface area contributed by atoms with Crippen LogP contribution in [0.2, 0.25) is 0 Å². The molecular weight excluding hydrogens is 318 g/mol. The Hall–Kier alpha value is -2.82. The summed E-state index contributed by atoms with van der Waals surface area (Å²) in [7, 11) is 0. The van der Waals surface area contributed by atoms with E-state index in [0.29, 0.717) is 30.9 Å². The second-order valence-corrected chi connectivity index (χ2v) is 5.76. The lowest BCUT2D eigenvalue weighted by Crippen LogP contribution is -2.24. The number of benzene rings is 2. The van der Waals surface area contributed by atoms with Crippen LogP contribution in [-0.2, 0) is 11.4 Å². The van der Waals surface area contributed by atoms with E-state index in [1.807, 2.05) is 30.3 Å². The summed E-state index contributed by atoms with van der Waals surface area (Å²) in [6.45, 7) is 1.04. The third kappa shape index (κ3) is 7.08. The van der Waals surface area contributed by atoms with E-state index in [1.54, 1.807) is 24.3 Å². The largest absolute Gasteiger partial charge is 0.489 e. The summed E-state index contributed by atoms with van der Waals surface area (Å²) >= 11 is 0. The molecule has 2 N–H and O–H groups in total. The van der Waals surface area contributed by atoms with Crippen molar-refractivity contribution in [3.05, 3.63) is 65.7 Å². The first-order valence-electron chi connectivity index (χ1n) is 8.42. The SMILES string of the molecule is O=C(O)CCCCCNC(=O)c1ccc(OCc2ccccc2)cc1. The van der Waals surface area contributed by atoms with Crippen molar-refractivity contribution in [2.24, 2.45) is 0 Å². The standard InChI is InChI=1S/C20H23NO4/c22-19(23)9-5-2-6-14-21-20(24)17-10-12-18(13-11-17)25-15-16-7-3-1-4-8-16/h1,3-4,7-8,10-13H,2,5-6,9,14-15H2,(H,21,24)(H,22,23). The molecular formula is C20H23NO4. The predicted octanol–water partition coefficient (Wildman–Crippen LogP) is 3.64. The van der Waals surface area contributed by atoms with Gasteiger partial charge in [0, 0.05) is 18.5 Å². The van der Waals surface area contributed by atoms with Gasteiger partial charge >= 0.3 is 5.97 Å². The summed E-state index contributed by atoms with van der Waals surface area (Å²) in [4.78, 5) is 22.4. The van der Waals surface area contributed by atoms with Crippen molar-refractivity contribution < 1.29 is 19.4 Å². The zero-order chi connectivity index (χ0) is 17.9. The van der Waals surface area contributed by atoms with Gasteiger partial charge in [0.05, 0.1) is 0 Å². The Balaban J connectivity index is 1.69. The fourth-order valence-corrected chi connectivity index (χ4v) is 2.33. The van der Waals surface area contributed by atoms with Crippen LogP contribution in [0.1, 0.15) is 41.6 Å². The molecule has 0 spiro atoms. The van der Waals surface area contributed by atoms with Crippen molar-refractivity contribution in [2.75, 3.05) is 6.54 Å². The number of carbonyl (C=O) groups is 2. The molecule has 0 radical (unpaired) electrons. The van der Waals surface area contributed by atoms with Crippen LogP contribution in [-0.4, -0.2) is 23.5 Å². The van der Waals surface area contributed by atoms with Crippen molar-refractivity contribution in [3.63, 3.8) is 0 Å². The molecule has 0 bridgehead atoms. The monoisotopic (exact) mass is 341 g/mol. The minimum absolute atomic E-state index is 0.132.